The van der Waals surface area contributed by atoms with E-state index in [1.807, 2.05) is 32.5 Å². The fraction of sp³-hybridized carbons (Fsp3) is 0.552. The van der Waals surface area contributed by atoms with Crippen LogP contribution < -0.4 is 9.64 Å². The number of hydrogen-bond acceptors (Lipinski definition) is 6. The zero-order valence-corrected chi connectivity index (χ0v) is 23.0. The number of carbonyl (C=O) groups excluding carboxylic acids is 1. The zero-order valence-electron chi connectivity index (χ0n) is 22.2. The molecule has 1 unspecified atom stereocenters. The molecule has 0 saturated heterocycles. The lowest BCUT2D eigenvalue weighted by Gasteiger charge is -2.37. The van der Waals surface area contributed by atoms with Gasteiger partial charge in [0.1, 0.15) is 18.0 Å². The van der Waals surface area contributed by atoms with E-state index in [4.69, 9.17) is 14.2 Å². The maximum atomic E-state index is 12.1. The Bertz CT molecular complexity index is 973. The minimum Gasteiger partial charge on any atom is -0.496 e. The van der Waals surface area contributed by atoms with Crippen LogP contribution in [0.25, 0.3) is 0 Å². The third-order valence-electron chi connectivity index (χ3n) is 6.46. The van der Waals surface area contributed by atoms with Gasteiger partial charge in [-0.05, 0) is 57.2 Å². The van der Waals surface area contributed by atoms with Gasteiger partial charge in [-0.25, -0.2) is 4.79 Å². The van der Waals surface area contributed by atoms with Gasteiger partial charge >= 0.3 is 5.97 Å². The molecule has 0 bridgehead atoms. The number of methoxy groups -OCH3 is 1. The minimum atomic E-state index is -0.525. The number of hydrogen-bond donors (Lipinski definition) is 0. The van der Waals surface area contributed by atoms with Gasteiger partial charge in [-0.1, -0.05) is 44.9 Å². The fourth-order valence-electron chi connectivity index (χ4n) is 4.46. The summed E-state index contributed by atoms with van der Waals surface area (Å²) < 4.78 is 16.9. The first kappa shape index (κ1) is 27.4. The summed E-state index contributed by atoms with van der Waals surface area (Å²) in [6, 6.07) is 14.9. The van der Waals surface area contributed by atoms with Crippen molar-refractivity contribution in [1.29, 1.82) is 0 Å². The van der Waals surface area contributed by atoms with E-state index in [0.29, 0.717) is 0 Å². The van der Waals surface area contributed by atoms with Gasteiger partial charge in [0.25, 0.3) is 0 Å². The highest BCUT2D eigenvalue weighted by Gasteiger charge is 2.35. The molecule has 5 nitrogen and oxygen atoms in total. The number of ether oxygens (including phenoxy) is 3. The van der Waals surface area contributed by atoms with Crippen LogP contribution in [-0.4, -0.2) is 37.6 Å². The van der Waals surface area contributed by atoms with Gasteiger partial charge in [-0.15, -0.1) is 11.8 Å². The van der Waals surface area contributed by atoms with Crippen molar-refractivity contribution in [1.82, 2.24) is 0 Å². The number of anilines is 2. The molecule has 3 rings (SSSR count). The summed E-state index contributed by atoms with van der Waals surface area (Å²) in [5, 5.41) is 0. The highest BCUT2D eigenvalue weighted by atomic mass is 32.2. The van der Waals surface area contributed by atoms with Gasteiger partial charge < -0.3 is 19.1 Å². The summed E-state index contributed by atoms with van der Waals surface area (Å²) in [7, 11) is 1.69. The summed E-state index contributed by atoms with van der Waals surface area (Å²) >= 11 is 1.93. The second kappa shape index (κ2) is 12.2. The number of fused-ring (bicyclic) bond motifs is 1. The molecule has 2 aromatic rings. The van der Waals surface area contributed by atoms with Crippen molar-refractivity contribution in [2.75, 3.05) is 30.9 Å². The normalized spacial score (nSPS) is 18.1. The Hall–Kier alpha value is -2.18. The summed E-state index contributed by atoms with van der Waals surface area (Å²) in [6.07, 6.45) is 4.80. The summed E-state index contributed by atoms with van der Waals surface area (Å²) in [4.78, 5) is 15.8. The molecule has 0 N–H and O–H groups in total. The fourth-order valence-corrected chi connectivity index (χ4v) is 5.91. The molecule has 35 heavy (non-hydrogen) atoms. The molecule has 6 heteroatoms. The van der Waals surface area contributed by atoms with E-state index in [-0.39, 0.29) is 24.6 Å². The van der Waals surface area contributed by atoms with Gasteiger partial charge in [0.2, 0.25) is 0 Å². The van der Waals surface area contributed by atoms with Gasteiger partial charge in [0.15, 0.2) is 0 Å². The van der Waals surface area contributed by atoms with E-state index in [2.05, 4.69) is 61.2 Å². The minimum absolute atomic E-state index is 0.0866. The van der Waals surface area contributed by atoms with Crippen molar-refractivity contribution in [2.24, 2.45) is 5.41 Å². The predicted octanol–water partition coefficient (Wildman–Crippen LogP) is 7.38. The Morgan fingerprint density at radius 3 is 2.51 bits per heavy atom. The predicted molar refractivity (Wildman–Crippen MR) is 145 cm³/mol. The molecule has 0 spiro atoms. The molecule has 192 valence electrons. The average Bonchev–Trinajstić information content (AvgIpc) is 2.99. The maximum Gasteiger partial charge on any atom is 0.332 e. The number of esters is 1. The summed E-state index contributed by atoms with van der Waals surface area (Å²) in [5.41, 5.74) is 3.01. The second-order valence-electron chi connectivity index (χ2n) is 10.4. The molecular weight excluding hydrogens is 458 g/mol. The van der Waals surface area contributed by atoms with Crippen LogP contribution in [0.5, 0.6) is 5.75 Å². The molecule has 0 saturated carbocycles. The first-order valence-corrected chi connectivity index (χ1v) is 13.6. The largest absolute Gasteiger partial charge is 0.496 e. The van der Waals surface area contributed by atoms with Crippen LogP contribution in [0.4, 0.5) is 11.4 Å². The maximum absolute atomic E-state index is 12.1. The van der Waals surface area contributed by atoms with Crippen molar-refractivity contribution in [3.05, 3.63) is 48.0 Å². The Kier molecular flexibility index (Phi) is 9.54. The number of unbranched alkanes of at least 4 members (excludes halogenated alkanes) is 1. The Balaban J connectivity index is 1.91. The van der Waals surface area contributed by atoms with Crippen LogP contribution in [0.15, 0.2) is 47.4 Å². The van der Waals surface area contributed by atoms with E-state index < -0.39 is 5.60 Å². The highest BCUT2D eigenvalue weighted by molar-refractivity contribution is 7.99. The van der Waals surface area contributed by atoms with Gasteiger partial charge in [-0.3, -0.25) is 0 Å². The molecule has 0 radical (unpaired) electrons. The number of nitrogens with zero attached hydrogens (tertiary/aromatic N) is 1. The van der Waals surface area contributed by atoms with Crippen molar-refractivity contribution in [3.8, 4) is 5.75 Å². The molecule has 1 heterocycles. The second-order valence-corrected chi connectivity index (χ2v) is 11.4. The van der Waals surface area contributed by atoms with Gasteiger partial charge in [0, 0.05) is 34.5 Å². The zero-order chi connectivity index (χ0) is 25.5. The number of rotatable bonds is 10. The van der Waals surface area contributed by atoms with Crippen molar-refractivity contribution < 1.29 is 19.0 Å². The van der Waals surface area contributed by atoms with E-state index in [0.717, 1.165) is 30.0 Å². The van der Waals surface area contributed by atoms with Gasteiger partial charge in [0.05, 0.1) is 19.4 Å². The van der Waals surface area contributed by atoms with E-state index in [9.17, 15) is 4.79 Å². The Labute approximate surface area is 215 Å². The Morgan fingerprint density at radius 2 is 1.89 bits per heavy atom. The van der Waals surface area contributed by atoms with Crippen molar-refractivity contribution >= 4 is 29.1 Å². The Morgan fingerprint density at radius 1 is 1.14 bits per heavy atom. The molecule has 1 aliphatic heterocycles. The molecule has 0 amide bonds. The van der Waals surface area contributed by atoms with E-state index >= 15 is 0 Å². The molecule has 0 fully saturated rings. The standard InChI is InChI=1S/C29H41NO4S/c1-7-9-15-29(8-2)20-30(23-13-11-10-12-14-23)24-17-25(32-6)22(16-26(24)35-21-29)18-33-19-27(31)34-28(3,4)5/h10-14,16-17H,7-9,15,18-21H2,1-6H3. The molecule has 0 aromatic heterocycles. The van der Waals surface area contributed by atoms with Crippen molar-refractivity contribution in [3.63, 3.8) is 0 Å². The topological polar surface area (TPSA) is 48.0 Å². The van der Waals surface area contributed by atoms with Crippen LogP contribution >= 0.6 is 11.8 Å². The lowest BCUT2D eigenvalue weighted by molar-refractivity contribution is -0.160. The molecular formula is C29H41NO4S. The van der Waals surface area contributed by atoms with E-state index in [1.54, 1.807) is 7.11 Å². The molecule has 1 atom stereocenters. The van der Waals surface area contributed by atoms with Crippen LogP contribution in [-0.2, 0) is 20.9 Å². The SMILES string of the molecule is CCCCC1(CC)CSc2cc(COCC(=O)OC(C)(C)C)c(OC)cc2N(c2ccccc2)C1. The summed E-state index contributed by atoms with van der Waals surface area (Å²) in [5.74, 6) is 1.48. The van der Waals surface area contributed by atoms with Gasteiger partial charge in [-0.2, -0.15) is 0 Å². The smallest absolute Gasteiger partial charge is 0.332 e. The number of carbonyl (C=O) groups is 1. The quantitative estimate of drug-likeness (QED) is 0.318. The van der Waals surface area contributed by atoms with Crippen LogP contribution in [0.2, 0.25) is 0 Å². The third-order valence-corrected chi connectivity index (χ3v) is 7.85. The monoisotopic (exact) mass is 499 g/mol. The lowest BCUT2D eigenvalue weighted by Crippen LogP contribution is -2.35. The van der Waals surface area contributed by atoms with Crippen molar-refractivity contribution in [2.45, 2.75) is 77.4 Å². The number of thioether (sulfide) groups is 1. The van der Waals surface area contributed by atoms with Crippen LogP contribution in [0.3, 0.4) is 0 Å². The molecule has 1 aliphatic rings. The average molecular weight is 500 g/mol. The first-order chi connectivity index (χ1) is 16.7. The van der Waals surface area contributed by atoms with E-state index in [1.165, 1.54) is 35.5 Å². The summed E-state index contributed by atoms with van der Waals surface area (Å²) in [6.45, 7) is 11.3. The third kappa shape index (κ3) is 7.40. The number of para-hydroxylation sites is 1. The lowest BCUT2D eigenvalue weighted by atomic mass is 9.81. The van der Waals surface area contributed by atoms with Crippen LogP contribution in [0, 0.1) is 5.41 Å². The highest BCUT2D eigenvalue weighted by Crippen LogP contribution is 2.48. The first-order valence-electron chi connectivity index (χ1n) is 12.7. The van der Waals surface area contributed by atoms with Crippen LogP contribution in [0.1, 0.15) is 65.9 Å². The molecule has 2 aromatic carbocycles. The molecule has 0 aliphatic carbocycles. The number of benzene rings is 2.